The zero-order valence-corrected chi connectivity index (χ0v) is 13.4. The van der Waals surface area contributed by atoms with Gasteiger partial charge in [0, 0.05) is 42.3 Å². The zero-order chi connectivity index (χ0) is 11.5. The Balaban J connectivity index is 0.00000144. The van der Waals surface area contributed by atoms with Crippen LogP contribution in [0.1, 0.15) is 18.5 Å². The van der Waals surface area contributed by atoms with E-state index in [1.54, 1.807) is 0 Å². The summed E-state index contributed by atoms with van der Waals surface area (Å²) < 4.78 is 14.6. The number of nitrogens with zero attached hydrogens (tertiary/aromatic N) is 1. The number of hydrogen-bond acceptors (Lipinski definition) is 2. The largest absolute Gasteiger partial charge is 0.314 e. The molecule has 0 bridgehead atoms. The van der Waals surface area contributed by atoms with Crippen molar-refractivity contribution in [3.63, 3.8) is 0 Å². The summed E-state index contributed by atoms with van der Waals surface area (Å²) in [5.41, 5.74) is 0.783. The first-order valence-corrected chi connectivity index (χ1v) is 6.37. The molecule has 2 rings (SSSR count). The molecule has 0 amide bonds. The Kier molecular flexibility index (Phi) is 8.39. The van der Waals surface area contributed by atoms with Crippen molar-refractivity contribution in [3.05, 3.63) is 34.1 Å². The van der Waals surface area contributed by atoms with E-state index in [9.17, 15) is 4.39 Å². The van der Waals surface area contributed by atoms with Crippen LogP contribution in [-0.2, 0) is 0 Å². The third-order valence-corrected chi connectivity index (χ3v) is 3.61. The second-order valence-electron chi connectivity index (χ2n) is 4.13. The Bertz CT molecular complexity index is 373. The van der Waals surface area contributed by atoms with Gasteiger partial charge in [-0.25, -0.2) is 4.39 Å². The highest BCUT2D eigenvalue weighted by atomic mass is 79.9. The molecule has 1 aliphatic heterocycles. The highest BCUT2D eigenvalue weighted by Gasteiger charge is 2.20. The molecule has 1 heterocycles. The lowest BCUT2D eigenvalue weighted by Gasteiger charge is -2.33. The number of halogens is 4. The van der Waals surface area contributed by atoms with E-state index in [0.717, 1.165) is 36.2 Å². The summed E-state index contributed by atoms with van der Waals surface area (Å²) >= 11 is 3.28. The Morgan fingerprint density at radius 1 is 1.28 bits per heavy atom. The van der Waals surface area contributed by atoms with Crippen LogP contribution in [0.15, 0.2) is 22.7 Å². The SMILES string of the molecule is C[C@@H](c1ccc(Br)cc1F)N1CCNCC1.Cl.Cl. The molecule has 0 spiro atoms. The summed E-state index contributed by atoms with van der Waals surface area (Å²) in [6.45, 7) is 6.01. The molecule has 1 N–H and O–H groups in total. The number of rotatable bonds is 2. The predicted octanol–water partition coefficient (Wildman–Crippen LogP) is 3.40. The molecule has 18 heavy (non-hydrogen) atoms. The van der Waals surface area contributed by atoms with Crippen LogP contribution >= 0.6 is 40.7 Å². The molecule has 2 nitrogen and oxygen atoms in total. The van der Waals surface area contributed by atoms with Gasteiger partial charge in [-0.1, -0.05) is 22.0 Å². The van der Waals surface area contributed by atoms with E-state index in [1.807, 2.05) is 12.1 Å². The summed E-state index contributed by atoms with van der Waals surface area (Å²) in [7, 11) is 0. The van der Waals surface area contributed by atoms with Gasteiger partial charge in [0.25, 0.3) is 0 Å². The second-order valence-corrected chi connectivity index (χ2v) is 5.04. The summed E-state index contributed by atoms with van der Waals surface area (Å²) in [5.74, 6) is -0.125. The smallest absolute Gasteiger partial charge is 0.129 e. The van der Waals surface area contributed by atoms with Crippen LogP contribution in [0.5, 0.6) is 0 Å². The van der Waals surface area contributed by atoms with E-state index in [2.05, 4.69) is 33.1 Å². The first-order valence-electron chi connectivity index (χ1n) is 5.58. The normalized spacial score (nSPS) is 17.5. The van der Waals surface area contributed by atoms with Gasteiger partial charge in [0.2, 0.25) is 0 Å². The highest BCUT2D eigenvalue weighted by molar-refractivity contribution is 9.10. The quantitative estimate of drug-likeness (QED) is 0.870. The van der Waals surface area contributed by atoms with Crippen LogP contribution in [0.4, 0.5) is 4.39 Å². The summed E-state index contributed by atoms with van der Waals surface area (Å²) in [4.78, 5) is 2.31. The number of hydrogen-bond donors (Lipinski definition) is 1. The number of nitrogens with one attached hydrogen (secondary N) is 1. The molecule has 0 aliphatic carbocycles. The first kappa shape index (κ1) is 18.1. The van der Waals surface area contributed by atoms with E-state index in [4.69, 9.17) is 0 Å². The van der Waals surface area contributed by atoms with Crippen LogP contribution in [0.25, 0.3) is 0 Å². The molecule has 1 atom stereocenters. The lowest BCUT2D eigenvalue weighted by Crippen LogP contribution is -2.44. The molecule has 1 aromatic rings. The maximum Gasteiger partial charge on any atom is 0.129 e. The van der Waals surface area contributed by atoms with Crippen molar-refractivity contribution >= 4 is 40.7 Å². The maximum absolute atomic E-state index is 13.8. The molecule has 104 valence electrons. The first-order chi connectivity index (χ1) is 7.68. The third kappa shape index (κ3) is 4.35. The van der Waals surface area contributed by atoms with Crippen molar-refractivity contribution in [2.45, 2.75) is 13.0 Å². The Morgan fingerprint density at radius 3 is 2.44 bits per heavy atom. The molecule has 0 radical (unpaired) electrons. The Hall–Kier alpha value is 0.130. The van der Waals surface area contributed by atoms with Gasteiger partial charge >= 0.3 is 0 Å². The fraction of sp³-hybridized carbons (Fsp3) is 0.500. The molecule has 1 fully saturated rings. The monoisotopic (exact) mass is 358 g/mol. The average Bonchev–Trinajstić information content (AvgIpc) is 2.29. The number of benzene rings is 1. The van der Waals surface area contributed by atoms with Gasteiger partial charge in [-0.15, -0.1) is 24.8 Å². The van der Waals surface area contributed by atoms with Crippen molar-refractivity contribution in [3.8, 4) is 0 Å². The summed E-state index contributed by atoms with van der Waals surface area (Å²) in [6.07, 6.45) is 0. The molecule has 1 aromatic carbocycles. The molecule has 6 heteroatoms. The average molecular weight is 360 g/mol. The van der Waals surface area contributed by atoms with Gasteiger partial charge in [-0.2, -0.15) is 0 Å². The lowest BCUT2D eigenvalue weighted by molar-refractivity contribution is 0.182. The van der Waals surface area contributed by atoms with Crippen LogP contribution in [0.2, 0.25) is 0 Å². The minimum absolute atomic E-state index is 0. The van der Waals surface area contributed by atoms with Crippen LogP contribution in [0.3, 0.4) is 0 Å². The topological polar surface area (TPSA) is 15.3 Å². The molecule has 1 aliphatic rings. The number of piperazine rings is 1. The molecule has 0 aromatic heterocycles. The van der Waals surface area contributed by atoms with Crippen molar-refractivity contribution in [1.82, 2.24) is 10.2 Å². The van der Waals surface area contributed by atoms with E-state index in [0.29, 0.717) is 0 Å². The minimum Gasteiger partial charge on any atom is -0.314 e. The second kappa shape index (κ2) is 8.33. The van der Waals surface area contributed by atoms with Crippen LogP contribution in [-0.4, -0.2) is 31.1 Å². The lowest BCUT2D eigenvalue weighted by atomic mass is 10.1. The third-order valence-electron chi connectivity index (χ3n) is 3.11. The zero-order valence-electron chi connectivity index (χ0n) is 10.2. The van der Waals surface area contributed by atoms with Crippen molar-refractivity contribution < 1.29 is 4.39 Å². The van der Waals surface area contributed by atoms with E-state index in [1.165, 1.54) is 6.07 Å². The Labute approximate surface area is 128 Å². The van der Waals surface area contributed by atoms with Gasteiger partial charge in [0.05, 0.1) is 0 Å². The molecular weight excluding hydrogens is 342 g/mol. The minimum atomic E-state index is -0.125. The summed E-state index contributed by atoms with van der Waals surface area (Å²) in [5, 5.41) is 3.30. The maximum atomic E-state index is 13.8. The van der Waals surface area contributed by atoms with Crippen molar-refractivity contribution in [2.75, 3.05) is 26.2 Å². The van der Waals surface area contributed by atoms with Crippen molar-refractivity contribution in [1.29, 1.82) is 0 Å². The Morgan fingerprint density at radius 2 is 1.89 bits per heavy atom. The van der Waals surface area contributed by atoms with Gasteiger partial charge in [-0.05, 0) is 19.1 Å². The van der Waals surface area contributed by atoms with E-state index in [-0.39, 0.29) is 36.7 Å². The molecule has 0 unspecified atom stereocenters. The van der Waals surface area contributed by atoms with Gasteiger partial charge in [-0.3, -0.25) is 4.90 Å². The fourth-order valence-corrected chi connectivity index (χ4v) is 2.44. The predicted molar refractivity (Wildman–Crippen MR) is 81.5 cm³/mol. The molecule has 1 saturated heterocycles. The van der Waals surface area contributed by atoms with Gasteiger partial charge in [0.15, 0.2) is 0 Å². The van der Waals surface area contributed by atoms with Crippen molar-refractivity contribution in [2.24, 2.45) is 0 Å². The van der Waals surface area contributed by atoms with Crippen LogP contribution in [0, 0.1) is 5.82 Å². The van der Waals surface area contributed by atoms with Gasteiger partial charge < -0.3 is 5.32 Å². The van der Waals surface area contributed by atoms with Crippen LogP contribution < -0.4 is 5.32 Å². The highest BCUT2D eigenvalue weighted by Crippen LogP contribution is 2.25. The fourth-order valence-electron chi connectivity index (χ4n) is 2.11. The summed E-state index contributed by atoms with van der Waals surface area (Å²) in [6, 6.07) is 5.45. The standard InChI is InChI=1S/C12H16BrFN2.2ClH/c1-9(16-6-4-15-5-7-16)11-3-2-10(13)8-12(11)14;;/h2-3,8-9,15H,4-7H2,1H3;2*1H/t9-;;/m0../s1. The van der Waals surface area contributed by atoms with E-state index >= 15 is 0 Å². The van der Waals surface area contributed by atoms with E-state index < -0.39 is 0 Å². The van der Waals surface area contributed by atoms with Gasteiger partial charge in [0.1, 0.15) is 5.82 Å². The molecular formula is C12H18BrCl2FN2. The molecule has 0 saturated carbocycles.